The van der Waals surface area contributed by atoms with Crippen LogP contribution < -0.4 is 0 Å². The Bertz CT molecular complexity index is 449. The van der Waals surface area contributed by atoms with E-state index in [0.717, 1.165) is 16.7 Å². The molecular formula is C12H18BrF3OSSi. The van der Waals surface area contributed by atoms with Crippen LogP contribution in [0.25, 0.3) is 0 Å². The van der Waals surface area contributed by atoms with Gasteiger partial charge in [0.1, 0.15) is 0 Å². The first-order valence-electron chi connectivity index (χ1n) is 5.83. The largest absolute Gasteiger partial charge is 0.417 e. The molecule has 1 aromatic rings. The maximum atomic E-state index is 12.9. The van der Waals surface area contributed by atoms with E-state index < -0.39 is 20.1 Å². The lowest BCUT2D eigenvalue weighted by atomic mass is 10.2. The highest BCUT2D eigenvalue weighted by Crippen LogP contribution is 2.42. The van der Waals surface area contributed by atoms with Crippen molar-refractivity contribution in [1.29, 1.82) is 0 Å². The van der Waals surface area contributed by atoms with E-state index in [0.29, 0.717) is 3.79 Å². The molecule has 0 aliphatic heterocycles. The van der Waals surface area contributed by atoms with Crippen LogP contribution in [0.15, 0.2) is 9.17 Å². The molecule has 0 atom stereocenters. The summed E-state index contributed by atoms with van der Waals surface area (Å²) < 4.78 is 44.9. The standard InChI is InChI=1S/C12H18BrF3OSSi/c1-11(2,3)19(4,5)17-6-8-9(12(14,15)16)7-18-10(8)13/h7H,6H2,1-5H3. The van der Waals surface area contributed by atoms with Gasteiger partial charge in [-0.05, 0) is 34.1 Å². The van der Waals surface area contributed by atoms with Gasteiger partial charge in [0.2, 0.25) is 0 Å². The summed E-state index contributed by atoms with van der Waals surface area (Å²) in [5.41, 5.74) is -0.384. The molecule has 0 aromatic carbocycles. The zero-order valence-corrected chi connectivity index (χ0v) is 15.0. The van der Waals surface area contributed by atoms with Gasteiger partial charge in [-0.15, -0.1) is 11.3 Å². The molecule has 0 N–H and O–H groups in total. The summed E-state index contributed by atoms with van der Waals surface area (Å²) in [5, 5.41) is 1.11. The van der Waals surface area contributed by atoms with Gasteiger partial charge < -0.3 is 4.43 Å². The SMILES string of the molecule is CC(C)(C)[Si](C)(C)OCc1c(C(F)(F)F)csc1Br. The van der Waals surface area contributed by atoms with Gasteiger partial charge in [0.25, 0.3) is 0 Å². The first kappa shape index (κ1) is 17.2. The Labute approximate surface area is 125 Å². The minimum absolute atomic E-state index is 0.00934. The monoisotopic (exact) mass is 374 g/mol. The summed E-state index contributed by atoms with van der Waals surface area (Å²) in [7, 11) is -2.05. The summed E-state index contributed by atoms with van der Waals surface area (Å²) in [5.74, 6) is 0. The third-order valence-electron chi connectivity index (χ3n) is 3.53. The number of hydrogen-bond donors (Lipinski definition) is 0. The van der Waals surface area contributed by atoms with Crippen molar-refractivity contribution in [2.75, 3.05) is 0 Å². The smallest absolute Gasteiger partial charge is 0.412 e. The van der Waals surface area contributed by atoms with Gasteiger partial charge in [0, 0.05) is 10.9 Å². The molecule has 0 saturated heterocycles. The first-order chi connectivity index (χ1) is 8.36. The van der Waals surface area contributed by atoms with E-state index in [9.17, 15) is 13.2 Å². The van der Waals surface area contributed by atoms with Gasteiger partial charge in [-0.1, -0.05) is 20.8 Å². The molecule has 0 bridgehead atoms. The first-order valence-corrected chi connectivity index (χ1v) is 10.4. The molecule has 0 aliphatic carbocycles. The van der Waals surface area contributed by atoms with Crippen LogP contribution in [0, 0.1) is 0 Å². The Morgan fingerprint density at radius 2 is 1.79 bits per heavy atom. The summed E-state index contributed by atoms with van der Waals surface area (Å²) >= 11 is 4.23. The number of rotatable bonds is 3. The van der Waals surface area contributed by atoms with Crippen molar-refractivity contribution < 1.29 is 17.6 Å². The lowest BCUT2D eigenvalue weighted by molar-refractivity contribution is -0.138. The van der Waals surface area contributed by atoms with Crippen molar-refractivity contribution in [3.8, 4) is 0 Å². The zero-order chi connectivity index (χ0) is 15.1. The van der Waals surface area contributed by atoms with Crippen LogP contribution in [0.2, 0.25) is 18.1 Å². The summed E-state index contributed by atoms with van der Waals surface area (Å²) in [4.78, 5) is 0. The van der Waals surface area contributed by atoms with Crippen molar-refractivity contribution >= 4 is 35.6 Å². The highest BCUT2D eigenvalue weighted by Gasteiger charge is 2.39. The van der Waals surface area contributed by atoms with Crippen molar-refractivity contribution in [3.05, 3.63) is 20.3 Å². The fraction of sp³-hybridized carbons (Fsp3) is 0.667. The molecular weight excluding hydrogens is 357 g/mol. The third kappa shape index (κ3) is 4.06. The van der Waals surface area contributed by atoms with E-state index in [-0.39, 0.29) is 17.2 Å². The topological polar surface area (TPSA) is 9.23 Å². The average Bonchev–Trinajstić information content (AvgIpc) is 2.54. The zero-order valence-electron chi connectivity index (χ0n) is 11.6. The molecule has 1 nitrogen and oxygen atoms in total. The van der Waals surface area contributed by atoms with Crippen LogP contribution in [0.3, 0.4) is 0 Å². The molecule has 1 aromatic heterocycles. The molecule has 0 unspecified atom stereocenters. The van der Waals surface area contributed by atoms with E-state index in [1.54, 1.807) is 0 Å². The Hall–Kier alpha value is 0.147. The van der Waals surface area contributed by atoms with Gasteiger partial charge in [-0.2, -0.15) is 13.2 Å². The summed E-state index contributed by atoms with van der Waals surface area (Å²) in [6.07, 6.45) is -4.32. The lowest BCUT2D eigenvalue weighted by Gasteiger charge is -2.36. The van der Waals surface area contributed by atoms with Crippen LogP contribution >= 0.6 is 27.3 Å². The second-order valence-electron chi connectivity index (χ2n) is 5.95. The Morgan fingerprint density at radius 3 is 2.21 bits per heavy atom. The highest BCUT2D eigenvalue weighted by molar-refractivity contribution is 9.11. The predicted octanol–water partition coefficient (Wildman–Crippen LogP) is 6.05. The van der Waals surface area contributed by atoms with Gasteiger partial charge >= 0.3 is 6.18 Å². The molecule has 0 spiro atoms. The van der Waals surface area contributed by atoms with E-state index >= 15 is 0 Å². The predicted molar refractivity (Wildman–Crippen MR) is 79.0 cm³/mol. The van der Waals surface area contributed by atoms with Crippen molar-refractivity contribution in [3.63, 3.8) is 0 Å². The minimum atomic E-state index is -4.32. The van der Waals surface area contributed by atoms with Gasteiger partial charge in [0.05, 0.1) is 16.0 Å². The van der Waals surface area contributed by atoms with Gasteiger partial charge in [-0.25, -0.2) is 0 Å². The average molecular weight is 375 g/mol. The van der Waals surface area contributed by atoms with Crippen molar-refractivity contribution in [2.24, 2.45) is 0 Å². The van der Waals surface area contributed by atoms with E-state index in [2.05, 4.69) is 36.7 Å². The third-order valence-corrected chi connectivity index (χ3v) is 9.86. The second-order valence-corrected chi connectivity index (χ2v) is 13.0. The normalized spacial score (nSPS) is 13.9. The molecule has 0 saturated carbocycles. The molecule has 0 radical (unpaired) electrons. The van der Waals surface area contributed by atoms with Gasteiger partial charge in [-0.3, -0.25) is 0 Å². The molecule has 110 valence electrons. The Balaban J connectivity index is 2.94. The van der Waals surface area contributed by atoms with Crippen LogP contribution in [0.1, 0.15) is 31.9 Å². The minimum Gasteiger partial charge on any atom is -0.412 e. The molecule has 0 amide bonds. The molecule has 0 aliphatic rings. The van der Waals surface area contributed by atoms with Crippen LogP contribution in [-0.2, 0) is 17.2 Å². The van der Waals surface area contributed by atoms with E-state index in [1.807, 2.05) is 13.1 Å². The second kappa shape index (κ2) is 5.50. The number of hydrogen-bond acceptors (Lipinski definition) is 2. The molecule has 19 heavy (non-hydrogen) atoms. The van der Waals surface area contributed by atoms with E-state index in [1.165, 1.54) is 0 Å². The molecule has 7 heteroatoms. The fourth-order valence-electron chi connectivity index (χ4n) is 1.20. The number of halogens is 4. The maximum absolute atomic E-state index is 12.9. The van der Waals surface area contributed by atoms with Crippen LogP contribution in [-0.4, -0.2) is 8.32 Å². The fourth-order valence-corrected chi connectivity index (χ4v) is 3.56. The Kier molecular flexibility index (Phi) is 4.98. The van der Waals surface area contributed by atoms with Crippen LogP contribution in [0.4, 0.5) is 13.2 Å². The lowest BCUT2D eigenvalue weighted by Crippen LogP contribution is -2.40. The summed E-state index contributed by atoms with van der Waals surface area (Å²) in [6, 6.07) is 0. The van der Waals surface area contributed by atoms with Crippen molar-refractivity contribution in [1.82, 2.24) is 0 Å². The summed E-state index contributed by atoms with van der Waals surface area (Å²) in [6.45, 7) is 10.3. The Morgan fingerprint density at radius 1 is 1.26 bits per heavy atom. The van der Waals surface area contributed by atoms with Gasteiger partial charge in [0.15, 0.2) is 8.32 Å². The molecule has 1 heterocycles. The number of thiophene rings is 1. The molecule has 1 rings (SSSR count). The quantitative estimate of drug-likeness (QED) is 0.584. The maximum Gasteiger partial charge on any atom is 0.417 e. The van der Waals surface area contributed by atoms with Crippen LogP contribution in [0.5, 0.6) is 0 Å². The van der Waals surface area contributed by atoms with E-state index in [4.69, 9.17) is 4.43 Å². The van der Waals surface area contributed by atoms with Crippen molar-refractivity contribution in [2.45, 2.75) is 51.7 Å². The number of alkyl halides is 3. The molecule has 0 fully saturated rings. The highest BCUT2D eigenvalue weighted by atomic mass is 79.9.